The van der Waals surface area contributed by atoms with Crippen molar-refractivity contribution < 1.29 is 4.74 Å². The van der Waals surface area contributed by atoms with Gasteiger partial charge in [0.1, 0.15) is 0 Å². The first-order chi connectivity index (χ1) is 5.67. The van der Waals surface area contributed by atoms with Crippen molar-refractivity contribution in [1.29, 1.82) is 0 Å². The van der Waals surface area contributed by atoms with Gasteiger partial charge in [-0.1, -0.05) is 5.92 Å². The Morgan fingerprint density at radius 3 is 2.92 bits per heavy atom. The van der Waals surface area contributed by atoms with Gasteiger partial charge in [0, 0.05) is 19.0 Å². The normalized spacial score (nSPS) is 22.9. The van der Waals surface area contributed by atoms with Gasteiger partial charge in [-0.2, -0.15) is 0 Å². The molecule has 1 fully saturated rings. The maximum absolute atomic E-state index is 5.39. The second-order valence-corrected chi connectivity index (χ2v) is 3.64. The highest BCUT2D eigenvalue weighted by molar-refractivity contribution is 5.05. The van der Waals surface area contributed by atoms with Crippen molar-refractivity contribution in [3.8, 4) is 11.8 Å². The van der Waals surface area contributed by atoms with Crippen molar-refractivity contribution in [3.05, 3.63) is 6.92 Å². The molecule has 0 spiro atoms. The van der Waals surface area contributed by atoms with E-state index in [0.717, 1.165) is 26.3 Å². The second-order valence-electron chi connectivity index (χ2n) is 3.64. The molecule has 0 bridgehead atoms. The van der Waals surface area contributed by atoms with Gasteiger partial charge in [-0.25, -0.2) is 0 Å². The van der Waals surface area contributed by atoms with Gasteiger partial charge in [-0.05, 0) is 13.8 Å². The molecule has 2 heteroatoms. The standard InChI is InChI=1S/C10H16NO/c1-4-5-6-11-7-8-12-9-10(11,2)3/h1,6-9H2,2-3H3. The number of nitrogens with zero attached hydrogens (tertiary/aromatic N) is 1. The van der Waals surface area contributed by atoms with Gasteiger partial charge in [0.15, 0.2) is 0 Å². The molecule has 1 heterocycles. The van der Waals surface area contributed by atoms with Crippen LogP contribution in [0.15, 0.2) is 0 Å². The molecule has 0 aromatic rings. The zero-order chi connectivity index (χ0) is 9.03. The summed E-state index contributed by atoms with van der Waals surface area (Å²) in [5.74, 6) is 5.65. The molecule has 1 saturated heterocycles. The van der Waals surface area contributed by atoms with E-state index in [1.807, 2.05) is 0 Å². The third kappa shape index (κ3) is 2.23. The van der Waals surface area contributed by atoms with Crippen molar-refractivity contribution in [3.63, 3.8) is 0 Å². The lowest BCUT2D eigenvalue weighted by molar-refractivity contribution is -0.0440. The second kappa shape index (κ2) is 3.93. The number of rotatable bonds is 1. The number of hydrogen-bond acceptors (Lipinski definition) is 2. The van der Waals surface area contributed by atoms with E-state index in [9.17, 15) is 0 Å². The summed E-state index contributed by atoms with van der Waals surface area (Å²) in [5.41, 5.74) is 0.127. The molecular weight excluding hydrogens is 150 g/mol. The van der Waals surface area contributed by atoms with E-state index >= 15 is 0 Å². The van der Waals surface area contributed by atoms with E-state index in [1.54, 1.807) is 0 Å². The van der Waals surface area contributed by atoms with Crippen molar-refractivity contribution in [2.45, 2.75) is 19.4 Å². The summed E-state index contributed by atoms with van der Waals surface area (Å²) >= 11 is 0. The lowest BCUT2D eigenvalue weighted by Crippen LogP contribution is -2.52. The van der Waals surface area contributed by atoms with E-state index in [4.69, 9.17) is 4.74 Å². The molecule has 12 heavy (non-hydrogen) atoms. The Kier molecular flexibility index (Phi) is 3.13. The van der Waals surface area contributed by atoms with Crippen LogP contribution in [0.2, 0.25) is 0 Å². The smallest absolute Gasteiger partial charge is 0.0646 e. The Labute approximate surface area is 74.9 Å². The van der Waals surface area contributed by atoms with Gasteiger partial charge < -0.3 is 4.74 Å². The lowest BCUT2D eigenvalue weighted by atomic mass is 10.0. The largest absolute Gasteiger partial charge is 0.378 e. The van der Waals surface area contributed by atoms with Gasteiger partial charge >= 0.3 is 0 Å². The molecule has 1 aliphatic heterocycles. The average Bonchev–Trinajstić information content (AvgIpc) is 2.02. The van der Waals surface area contributed by atoms with Gasteiger partial charge in [-0.3, -0.25) is 4.90 Å². The Morgan fingerprint density at radius 1 is 1.58 bits per heavy atom. The Morgan fingerprint density at radius 2 is 2.33 bits per heavy atom. The number of hydrogen-bond donors (Lipinski definition) is 0. The van der Waals surface area contributed by atoms with Crippen LogP contribution in [0.3, 0.4) is 0 Å². The van der Waals surface area contributed by atoms with E-state index in [1.165, 1.54) is 0 Å². The van der Waals surface area contributed by atoms with Crippen molar-refractivity contribution in [1.82, 2.24) is 4.90 Å². The van der Waals surface area contributed by atoms with Crippen molar-refractivity contribution in [2.24, 2.45) is 0 Å². The fourth-order valence-corrected chi connectivity index (χ4v) is 1.34. The number of morpholine rings is 1. The summed E-state index contributed by atoms with van der Waals surface area (Å²) < 4.78 is 5.39. The molecule has 0 aromatic heterocycles. The summed E-state index contributed by atoms with van der Waals surface area (Å²) in [6.07, 6.45) is 0. The SMILES string of the molecule is [CH2]C#CCN1CCOCC1(C)C. The summed E-state index contributed by atoms with van der Waals surface area (Å²) in [6, 6.07) is 0. The first-order valence-electron chi connectivity index (χ1n) is 4.24. The van der Waals surface area contributed by atoms with Crippen LogP contribution in [0, 0.1) is 18.8 Å². The molecule has 1 rings (SSSR count). The predicted molar refractivity (Wildman–Crippen MR) is 49.6 cm³/mol. The van der Waals surface area contributed by atoms with Gasteiger partial charge in [0.25, 0.3) is 0 Å². The summed E-state index contributed by atoms with van der Waals surface area (Å²) in [5, 5.41) is 0. The zero-order valence-electron chi connectivity index (χ0n) is 7.89. The topological polar surface area (TPSA) is 12.5 Å². The quantitative estimate of drug-likeness (QED) is 0.537. The third-order valence-electron chi connectivity index (χ3n) is 2.21. The summed E-state index contributed by atoms with van der Waals surface area (Å²) in [6.45, 7) is 11.3. The van der Waals surface area contributed by atoms with Gasteiger partial charge in [-0.15, -0.1) is 5.92 Å². The van der Waals surface area contributed by atoms with Crippen LogP contribution in [0.1, 0.15) is 13.8 Å². The molecule has 67 valence electrons. The van der Waals surface area contributed by atoms with E-state index in [2.05, 4.69) is 37.5 Å². The van der Waals surface area contributed by atoms with Crippen LogP contribution < -0.4 is 0 Å². The molecule has 0 N–H and O–H groups in total. The molecule has 1 aliphatic rings. The molecule has 0 aromatic carbocycles. The van der Waals surface area contributed by atoms with Crippen LogP contribution in [0.5, 0.6) is 0 Å². The van der Waals surface area contributed by atoms with Crippen LogP contribution in [0.4, 0.5) is 0 Å². The first kappa shape index (κ1) is 9.57. The fourth-order valence-electron chi connectivity index (χ4n) is 1.34. The molecule has 0 aliphatic carbocycles. The van der Waals surface area contributed by atoms with E-state index in [-0.39, 0.29) is 5.54 Å². The minimum Gasteiger partial charge on any atom is -0.378 e. The van der Waals surface area contributed by atoms with Crippen LogP contribution in [0.25, 0.3) is 0 Å². The molecule has 0 saturated carbocycles. The Balaban J connectivity index is 2.52. The molecule has 0 atom stereocenters. The van der Waals surface area contributed by atoms with Crippen molar-refractivity contribution >= 4 is 0 Å². The van der Waals surface area contributed by atoms with Crippen LogP contribution >= 0.6 is 0 Å². The minimum atomic E-state index is 0.127. The maximum Gasteiger partial charge on any atom is 0.0646 e. The van der Waals surface area contributed by atoms with Gasteiger partial charge in [0.05, 0.1) is 19.8 Å². The minimum absolute atomic E-state index is 0.127. The summed E-state index contributed by atoms with van der Waals surface area (Å²) in [7, 11) is 0. The molecule has 0 amide bonds. The average molecular weight is 166 g/mol. The first-order valence-corrected chi connectivity index (χ1v) is 4.24. The molecule has 0 unspecified atom stereocenters. The highest BCUT2D eigenvalue weighted by Gasteiger charge is 2.29. The third-order valence-corrected chi connectivity index (χ3v) is 2.21. The highest BCUT2D eigenvalue weighted by Crippen LogP contribution is 2.17. The zero-order valence-corrected chi connectivity index (χ0v) is 7.89. The summed E-state index contributed by atoms with van der Waals surface area (Å²) in [4.78, 5) is 2.33. The maximum atomic E-state index is 5.39. The Hall–Kier alpha value is -0.520. The Bertz CT molecular complexity index is 200. The molecule has 1 radical (unpaired) electrons. The monoisotopic (exact) mass is 166 g/mol. The fraction of sp³-hybridized carbons (Fsp3) is 0.700. The predicted octanol–water partition coefficient (Wildman–Crippen LogP) is 0.935. The van der Waals surface area contributed by atoms with Crippen LogP contribution in [-0.4, -0.2) is 36.7 Å². The highest BCUT2D eigenvalue weighted by atomic mass is 16.5. The van der Waals surface area contributed by atoms with Crippen LogP contribution in [-0.2, 0) is 4.74 Å². The van der Waals surface area contributed by atoms with E-state index < -0.39 is 0 Å². The molecular formula is C10H16NO. The van der Waals surface area contributed by atoms with Gasteiger partial charge in [0.2, 0.25) is 0 Å². The lowest BCUT2D eigenvalue weighted by Gasteiger charge is -2.40. The van der Waals surface area contributed by atoms with E-state index in [0.29, 0.717) is 0 Å². The van der Waals surface area contributed by atoms with Crippen molar-refractivity contribution in [2.75, 3.05) is 26.3 Å². The molecule has 2 nitrogen and oxygen atoms in total. The number of ether oxygens (including phenoxy) is 1.